The van der Waals surface area contributed by atoms with Gasteiger partial charge in [0.2, 0.25) is 0 Å². The van der Waals surface area contributed by atoms with Crippen molar-refractivity contribution in [2.24, 2.45) is 5.92 Å². The number of halogens is 3. The zero-order valence-corrected chi connectivity index (χ0v) is 20.1. The molecule has 0 heterocycles. The summed E-state index contributed by atoms with van der Waals surface area (Å²) in [6.45, 7) is 4.31. The van der Waals surface area contributed by atoms with Crippen molar-refractivity contribution in [1.82, 2.24) is 0 Å². The first kappa shape index (κ1) is 25.1. The van der Waals surface area contributed by atoms with Gasteiger partial charge in [-0.25, -0.2) is 13.2 Å². The molecule has 6 heteroatoms. The zero-order valence-electron chi connectivity index (χ0n) is 20.1. The van der Waals surface area contributed by atoms with E-state index in [0.29, 0.717) is 30.1 Å². The van der Waals surface area contributed by atoms with Crippen LogP contribution in [-0.4, -0.2) is 18.3 Å². The van der Waals surface area contributed by atoms with Crippen molar-refractivity contribution in [3.63, 3.8) is 0 Å². The molecule has 0 bridgehead atoms. The molecule has 3 aromatic rings. The molecular weight excluding hydrogens is 453 g/mol. The van der Waals surface area contributed by atoms with Crippen LogP contribution in [0.5, 0.6) is 11.5 Å². The van der Waals surface area contributed by atoms with E-state index in [-0.39, 0.29) is 23.1 Å². The maximum atomic E-state index is 15.0. The van der Waals surface area contributed by atoms with Gasteiger partial charge in [0.1, 0.15) is 5.75 Å². The number of ether oxygens (including phenoxy) is 2. The lowest BCUT2D eigenvalue weighted by atomic mass is 9.78. The Kier molecular flexibility index (Phi) is 8.01. The Labute approximate surface area is 204 Å². The van der Waals surface area contributed by atoms with Gasteiger partial charge in [0, 0.05) is 11.6 Å². The number of aliphatic hydroxyl groups is 1. The summed E-state index contributed by atoms with van der Waals surface area (Å²) in [6.07, 6.45) is 2.52. The first-order valence-electron chi connectivity index (χ1n) is 12.2. The largest absolute Gasteiger partial charge is 0.493 e. The third kappa shape index (κ3) is 5.81. The number of hydrogen-bond donors (Lipinski definition) is 1. The number of hydrogen-bond acceptors (Lipinski definition) is 3. The monoisotopic (exact) mass is 484 g/mol. The molecule has 1 aliphatic rings. The predicted molar refractivity (Wildman–Crippen MR) is 130 cm³/mol. The molecule has 3 nitrogen and oxygen atoms in total. The predicted octanol–water partition coefficient (Wildman–Crippen LogP) is 7.58. The zero-order chi connectivity index (χ0) is 24.9. The Hall–Kier alpha value is -2.99. The van der Waals surface area contributed by atoms with Crippen molar-refractivity contribution in [1.29, 1.82) is 0 Å². The molecule has 1 fully saturated rings. The van der Waals surface area contributed by atoms with Crippen molar-refractivity contribution in [3.05, 3.63) is 83.2 Å². The molecule has 1 N–H and O–H groups in total. The number of aliphatic hydroxyl groups excluding tert-OH is 1. The Balaban J connectivity index is 1.36. The first-order chi connectivity index (χ1) is 16.9. The van der Waals surface area contributed by atoms with Crippen LogP contribution in [-0.2, 0) is 0 Å². The van der Waals surface area contributed by atoms with Gasteiger partial charge in [-0.2, -0.15) is 0 Å². The number of benzene rings is 3. The molecule has 0 spiro atoms. The summed E-state index contributed by atoms with van der Waals surface area (Å²) < 4.78 is 55.0. The molecule has 35 heavy (non-hydrogen) atoms. The molecule has 1 atom stereocenters. The van der Waals surface area contributed by atoms with Gasteiger partial charge in [-0.15, -0.1) is 0 Å². The highest BCUT2D eigenvalue weighted by Crippen LogP contribution is 2.39. The van der Waals surface area contributed by atoms with Crippen LogP contribution in [0.3, 0.4) is 0 Å². The van der Waals surface area contributed by atoms with E-state index in [2.05, 4.69) is 0 Å². The van der Waals surface area contributed by atoms with Gasteiger partial charge < -0.3 is 14.6 Å². The van der Waals surface area contributed by atoms with Crippen LogP contribution < -0.4 is 9.47 Å². The lowest BCUT2D eigenvalue weighted by molar-refractivity contribution is 0.198. The standard InChI is InChI=1S/C29H31F3O3/c1-3-34-27-15-12-23(16-26(27)30)35-17-19-4-6-21(7-5-19)24-13-14-25(29(32)28(24)31)22-10-8-20(9-11-22)18(2)33/h8-16,18-19,21,33H,3-7,17H2,1-2H3. The van der Waals surface area contributed by atoms with Crippen LogP contribution in [0, 0.1) is 23.4 Å². The summed E-state index contributed by atoms with van der Waals surface area (Å²) in [5.74, 6) is -1.18. The molecule has 0 aromatic heterocycles. The Morgan fingerprint density at radius 2 is 1.60 bits per heavy atom. The highest BCUT2D eigenvalue weighted by Gasteiger charge is 2.27. The smallest absolute Gasteiger partial charge is 0.168 e. The lowest BCUT2D eigenvalue weighted by Crippen LogP contribution is -2.20. The van der Waals surface area contributed by atoms with Gasteiger partial charge in [0.25, 0.3) is 0 Å². The van der Waals surface area contributed by atoms with E-state index in [1.165, 1.54) is 6.07 Å². The average Bonchev–Trinajstić information content (AvgIpc) is 2.86. The molecule has 1 aliphatic carbocycles. The van der Waals surface area contributed by atoms with Crippen molar-refractivity contribution in [2.75, 3.05) is 13.2 Å². The van der Waals surface area contributed by atoms with Crippen LogP contribution in [0.25, 0.3) is 11.1 Å². The summed E-state index contributed by atoms with van der Waals surface area (Å²) in [4.78, 5) is 0. The Morgan fingerprint density at radius 1 is 0.886 bits per heavy atom. The average molecular weight is 485 g/mol. The SMILES string of the molecule is CCOc1ccc(OCC2CCC(c3ccc(-c4ccc(C(C)O)cc4)c(F)c3F)CC2)cc1F. The van der Waals surface area contributed by atoms with Crippen molar-refractivity contribution in [2.45, 2.75) is 51.6 Å². The summed E-state index contributed by atoms with van der Waals surface area (Å²) in [6, 6.07) is 14.7. The summed E-state index contributed by atoms with van der Waals surface area (Å²) >= 11 is 0. The summed E-state index contributed by atoms with van der Waals surface area (Å²) in [5, 5.41) is 9.65. The maximum Gasteiger partial charge on any atom is 0.168 e. The fourth-order valence-electron chi connectivity index (χ4n) is 4.74. The highest BCUT2D eigenvalue weighted by atomic mass is 19.2. The molecule has 3 aromatic carbocycles. The third-order valence-electron chi connectivity index (χ3n) is 6.79. The van der Waals surface area contributed by atoms with Gasteiger partial charge in [-0.1, -0.05) is 36.4 Å². The summed E-state index contributed by atoms with van der Waals surface area (Å²) in [7, 11) is 0. The normalized spacial score (nSPS) is 18.8. The van der Waals surface area contributed by atoms with E-state index in [1.54, 1.807) is 62.4 Å². The van der Waals surface area contributed by atoms with E-state index in [4.69, 9.17) is 9.47 Å². The fraction of sp³-hybridized carbons (Fsp3) is 0.379. The van der Waals surface area contributed by atoms with E-state index in [0.717, 1.165) is 31.2 Å². The second kappa shape index (κ2) is 11.2. The van der Waals surface area contributed by atoms with E-state index >= 15 is 4.39 Å². The first-order valence-corrected chi connectivity index (χ1v) is 12.2. The minimum absolute atomic E-state index is 0.0460. The van der Waals surface area contributed by atoms with Crippen LogP contribution in [0.2, 0.25) is 0 Å². The molecule has 1 saturated carbocycles. The molecule has 0 amide bonds. The maximum absolute atomic E-state index is 15.0. The van der Waals surface area contributed by atoms with Crippen LogP contribution in [0.15, 0.2) is 54.6 Å². The molecule has 4 rings (SSSR count). The summed E-state index contributed by atoms with van der Waals surface area (Å²) in [5.41, 5.74) is 1.93. The second-order valence-corrected chi connectivity index (χ2v) is 9.18. The topological polar surface area (TPSA) is 38.7 Å². The van der Waals surface area contributed by atoms with Crippen molar-refractivity contribution < 1.29 is 27.8 Å². The molecule has 0 radical (unpaired) electrons. The van der Waals surface area contributed by atoms with Gasteiger partial charge in [-0.05, 0) is 80.2 Å². The van der Waals surface area contributed by atoms with Gasteiger partial charge >= 0.3 is 0 Å². The van der Waals surface area contributed by atoms with Crippen molar-refractivity contribution >= 4 is 0 Å². The second-order valence-electron chi connectivity index (χ2n) is 9.18. The highest BCUT2D eigenvalue weighted by molar-refractivity contribution is 5.65. The quantitative estimate of drug-likeness (QED) is 0.358. The van der Waals surface area contributed by atoms with E-state index < -0.39 is 23.6 Å². The Bertz CT molecular complexity index is 1140. The van der Waals surface area contributed by atoms with Gasteiger partial charge in [-0.3, -0.25) is 0 Å². The minimum Gasteiger partial charge on any atom is -0.493 e. The van der Waals surface area contributed by atoms with E-state index in [9.17, 15) is 13.9 Å². The molecule has 1 unspecified atom stereocenters. The third-order valence-corrected chi connectivity index (χ3v) is 6.79. The molecule has 186 valence electrons. The lowest BCUT2D eigenvalue weighted by Gasteiger charge is -2.29. The molecule has 0 saturated heterocycles. The van der Waals surface area contributed by atoms with Gasteiger partial charge in [0.15, 0.2) is 23.2 Å². The van der Waals surface area contributed by atoms with E-state index in [1.807, 2.05) is 0 Å². The van der Waals surface area contributed by atoms with Crippen molar-refractivity contribution in [3.8, 4) is 22.6 Å². The van der Waals surface area contributed by atoms with Crippen LogP contribution in [0.4, 0.5) is 13.2 Å². The molecular formula is C29H31F3O3. The fourth-order valence-corrected chi connectivity index (χ4v) is 4.74. The van der Waals surface area contributed by atoms with Gasteiger partial charge in [0.05, 0.1) is 19.3 Å². The van der Waals surface area contributed by atoms with Crippen LogP contribution in [0.1, 0.15) is 62.7 Å². The number of rotatable bonds is 8. The Morgan fingerprint density at radius 3 is 2.23 bits per heavy atom. The molecule has 0 aliphatic heterocycles. The van der Waals surface area contributed by atoms with Crippen LogP contribution >= 0.6 is 0 Å². The minimum atomic E-state index is -0.838.